The van der Waals surface area contributed by atoms with Gasteiger partial charge in [-0.25, -0.2) is 9.97 Å². The van der Waals surface area contributed by atoms with E-state index in [2.05, 4.69) is 14.7 Å². The number of fused-ring (bicyclic) bond motifs is 1. The topological polar surface area (TPSA) is 106 Å². The Morgan fingerprint density at radius 3 is 2.46 bits per heavy atom. The number of pyridine rings is 1. The van der Waals surface area contributed by atoms with Gasteiger partial charge in [0.15, 0.2) is 5.65 Å². The number of amides is 1. The van der Waals surface area contributed by atoms with Crippen molar-refractivity contribution in [2.45, 2.75) is 62.8 Å². The minimum Gasteiger partial charge on any atom is -0.406 e. The van der Waals surface area contributed by atoms with Gasteiger partial charge in [-0.15, -0.1) is 13.2 Å². The van der Waals surface area contributed by atoms with Gasteiger partial charge in [0.1, 0.15) is 17.1 Å². The van der Waals surface area contributed by atoms with E-state index < -0.39 is 12.1 Å². The molecule has 8 nitrogen and oxygen atoms in total. The average Bonchev–Trinajstić information content (AvgIpc) is 3.32. The molecule has 3 aromatic rings. The van der Waals surface area contributed by atoms with E-state index in [1.807, 2.05) is 6.07 Å². The minimum absolute atomic E-state index is 0.0479. The number of nitrogens with one attached hydrogen (secondary N) is 1. The summed E-state index contributed by atoms with van der Waals surface area (Å²) in [6, 6.07) is 5.42. The second-order valence-electron chi connectivity index (χ2n) is 9.79. The Hall–Kier alpha value is -3.34. The quantitative estimate of drug-likeness (QED) is 0.455. The number of H-pyrrole nitrogens is 1. The zero-order valence-electron chi connectivity index (χ0n) is 20.6. The van der Waals surface area contributed by atoms with Gasteiger partial charge in [-0.3, -0.25) is 4.79 Å². The van der Waals surface area contributed by atoms with Crippen LogP contribution < -0.4 is 10.5 Å². The first-order chi connectivity index (χ1) is 17.7. The van der Waals surface area contributed by atoms with Crippen molar-refractivity contribution in [3.8, 4) is 5.75 Å². The molecule has 0 spiro atoms. The molecule has 1 saturated carbocycles. The number of halogens is 3. The highest BCUT2D eigenvalue weighted by atomic mass is 19.4. The van der Waals surface area contributed by atoms with Crippen LogP contribution >= 0.6 is 0 Å². The highest BCUT2D eigenvalue weighted by molar-refractivity contribution is 5.99. The number of methoxy groups -OCH3 is 1. The fraction of sp³-hybridized carbons (Fsp3) is 0.500. The third kappa shape index (κ3) is 5.51. The zero-order chi connectivity index (χ0) is 26.2. The second-order valence-corrected chi connectivity index (χ2v) is 9.79. The Balaban J connectivity index is 1.26. The first-order valence-corrected chi connectivity index (χ1v) is 12.5. The van der Waals surface area contributed by atoms with Crippen molar-refractivity contribution in [2.75, 3.05) is 25.9 Å². The van der Waals surface area contributed by atoms with E-state index in [9.17, 15) is 18.0 Å². The normalized spacial score (nSPS) is 21.4. The number of nitrogens with zero attached hydrogens (tertiary/aromatic N) is 3. The van der Waals surface area contributed by atoms with Crippen molar-refractivity contribution in [3.63, 3.8) is 0 Å². The molecule has 0 radical (unpaired) electrons. The monoisotopic (exact) mass is 517 g/mol. The summed E-state index contributed by atoms with van der Waals surface area (Å²) in [4.78, 5) is 27.6. The highest BCUT2D eigenvalue weighted by Crippen LogP contribution is 2.36. The molecule has 37 heavy (non-hydrogen) atoms. The van der Waals surface area contributed by atoms with E-state index in [4.69, 9.17) is 15.5 Å². The predicted octanol–water partition coefficient (Wildman–Crippen LogP) is 5.13. The number of imidazole rings is 1. The SMILES string of the molecule is CO[C@H]1CC[C@@H](c2nc3c(C4CCN(C(=O)c5ccc(OC(F)(F)F)cc5N)CC4)ccnc3[nH]2)CC1. The van der Waals surface area contributed by atoms with Crippen molar-refractivity contribution in [1.29, 1.82) is 0 Å². The third-order valence-corrected chi connectivity index (χ3v) is 7.54. The van der Waals surface area contributed by atoms with Crippen LogP contribution in [0.4, 0.5) is 18.9 Å². The summed E-state index contributed by atoms with van der Waals surface area (Å²) in [6.45, 7) is 1.01. The first-order valence-electron chi connectivity index (χ1n) is 12.5. The molecular formula is C26H30F3N5O3. The molecule has 11 heteroatoms. The van der Waals surface area contributed by atoms with Crippen LogP contribution in [0.3, 0.4) is 0 Å². The molecular weight excluding hydrogens is 487 g/mol. The number of hydrogen-bond acceptors (Lipinski definition) is 6. The lowest BCUT2D eigenvalue weighted by molar-refractivity contribution is -0.274. The second kappa shape index (κ2) is 10.2. The fourth-order valence-electron chi connectivity index (χ4n) is 5.54. The number of rotatable bonds is 5. The number of aromatic nitrogens is 3. The number of likely N-dealkylation sites (tertiary alicyclic amines) is 1. The number of aromatic amines is 1. The summed E-state index contributed by atoms with van der Waals surface area (Å²) >= 11 is 0. The van der Waals surface area contributed by atoms with Crippen LogP contribution in [0.2, 0.25) is 0 Å². The van der Waals surface area contributed by atoms with Gasteiger partial charge >= 0.3 is 6.36 Å². The number of nitrogens with two attached hydrogens (primary N) is 1. The summed E-state index contributed by atoms with van der Waals surface area (Å²) in [7, 11) is 1.76. The number of alkyl halides is 3. The van der Waals surface area contributed by atoms with Crippen molar-refractivity contribution >= 4 is 22.8 Å². The molecule has 2 fully saturated rings. The molecule has 0 atom stereocenters. The average molecular weight is 518 g/mol. The molecule has 1 aliphatic carbocycles. The molecule has 198 valence electrons. The number of benzene rings is 1. The molecule has 3 N–H and O–H groups in total. The molecule has 3 heterocycles. The van der Waals surface area contributed by atoms with Crippen LogP contribution in [-0.4, -0.2) is 58.4 Å². The number of ether oxygens (including phenoxy) is 2. The summed E-state index contributed by atoms with van der Waals surface area (Å²) in [5, 5.41) is 0. The molecule has 1 amide bonds. The van der Waals surface area contributed by atoms with E-state index in [1.54, 1.807) is 18.2 Å². The third-order valence-electron chi connectivity index (χ3n) is 7.54. The number of anilines is 1. The Labute approximate surface area is 212 Å². The summed E-state index contributed by atoms with van der Waals surface area (Å²) in [5.74, 6) is 0.807. The zero-order valence-corrected chi connectivity index (χ0v) is 20.6. The maximum absolute atomic E-state index is 13.0. The van der Waals surface area contributed by atoms with E-state index in [1.165, 1.54) is 6.07 Å². The highest BCUT2D eigenvalue weighted by Gasteiger charge is 2.32. The van der Waals surface area contributed by atoms with E-state index >= 15 is 0 Å². The number of carbonyl (C=O) groups excluding carboxylic acids is 1. The van der Waals surface area contributed by atoms with Crippen molar-refractivity contribution in [3.05, 3.63) is 47.4 Å². The van der Waals surface area contributed by atoms with E-state index in [-0.39, 0.29) is 23.1 Å². The van der Waals surface area contributed by atoms with Crippen LogP contribution in [0, 0.1) is 0 Å². The van der Waals surface area contributed by atoms with Crippen LogP contribution in [0.5, 0.6) is 5.75 Å². The van der Waals surface area contributed by atoms with E-state index in [0.29, 0.717) is 25.1 Å². The van der Waals surface area contributed by atoms with Gasteiger partial charge in [0.2, 0.25) is 0 Å². The first kappa shape index (κ1) is 25.3. The molecule has 1 aromatic carbocycles. The van der Waals surface area contributed by atoms with Gasteiger partial charge in [-0.2, -0.15) is 0 Å². The maximum atomic E-state index is 13.0. The fourth-order valence-corrected chi connectivity index (χ4v) is 5.54. The molecule has 5 rings (SSSR count). The van der Waals surface area contributed by atoms with Gasteiger partial charge in [-0.1, -0.05) is 0 Å². The number of piperidine rings is 1. The smallest absolute Gasteiger partial charge is 0.406 e. The van der Waals surface area contributed by atoms with Crippen LogP contribution in [0.25, 0.3) is 11.2 Å². The Kier molecular flexibility index (Phi) is 6.98. The maximum Gasteiger partial charge on any atom is 0.573 e. The van der Waals surface area contributed by atoms with Crippen LogP contribution in [0.15, 0.2) is 30.5 Å². The molecule has 0 bridgehead atoms. The van der Waals surface area contributed by atoms with Crippen molar-refractivity contribution < 1.29 is 27.4 Å². The van der Waals surface area contributed by atoms with Gasteiger partial charge in [-0.05, 0) is 68.2 Å². The Morgan fingerprint density at radius 2 is 1.81 bits per heavy atom. The lowest BCUT2D eigenvalue weighted by Crippen LogP contribution is -2.38. The van der Waals surface area contributed by atoms with Crippen LogP contribution in [-0.2, 0) is 4.74 Å². The molecule has 2 aromatic heterocycles. The van der Waals surface area contributed by atoms with Gasteiger partial charge in [0, 0.05) is 44.1 Å². The van der Waals surface area contributed by atoms with Crippen LogP contribution in [0.1, 0.15) is 72.1 Å². The largest absolute Gasteiger partial charge is 0.573 e. The minimum atomic E-state index is -4.82. The molecule has 1 saturated heterocycles. The Bertz CT molecular complexity index is 1260. The summed E-state index contributed by atoms with van der Waals surface area (Å²) in [6.07, 6.45) is 2.87. The number of hydrogen-bond donors (Lipinski definition) is 2. The van der Waals surface area contributed by atoms with Gasteiger partial charge < -0.3 is 25.1 Å². The lowest BCUT2D eigenvalue weighted by atomic mass is 9.87. The summed E-state index contributed by atoms with van der Waals surface area (Å²) < 4.78 is 46.8. The molecule has 1 aliphatic heterocycles. The standard InChI is InChI=1S/C26H30F3N5O3/c1-36-17-4-2-16(3-5-17)23-32-22-19(8-11-31-24(22)33-23)15-9-12-34(13-10-15)25(35)20-7-6-18(14-21(20)30)37-26(27,28)29/h6-8,11,14-17H,2-5,9-10,12-13,30H2,1H3,(H,31,32,33)/t16-,17+. The van der Waals surface area contributed by atoms with Crippen molar-refractivity contribution in [1.82, 2.24) is 19.9 Å². The molecule has 0 unspecified atom stereocenters. The predicted molar refractivity (Wildman–Crippen MR) is 131 cm³/mol. The van der Waals surface area contributed by atoms with Gasteiger partial charge in [0.05, 0.1) is 11.7 Å². The summed E-state index contributed by atoms with van der Waals surface area (Å²) in [5.41, 5.74) is 8.80. The lowest BCUT2D eigenvalue weighted by Gasteiger charge is -2.32. The molecule has 2 aliphatic rings. The number of carbonyl (C=O) groups is 1. The Morgan fingerprint density at radius 1 is 1.08 bits per heavy atom. The van der Waals surface area contributed by atoms with Gasteiger partial charge in [0.25, 0.3) is 5.91 Å². The van der Waals surface area contributed by atoms with E-state index in [0.717, 1.165) is 73.2 Å². The van der Waals surface area contributed by atoms with Crippen molar-refractivity contribution in [2.24, 2.45) is 0 Å². The number of nitrogen functional groups attached to an aromatic ring is 1.